The molecule has 0 amide bonds. The van der Waals surface area contributed by atoms with Crippen molar-refractivity contribution in [3.63, 3.8) is 0 Å². The monoisotopic (exact) mass is 1190 g/mol. The van der Waals surface area contributed by atoms with E-state index < -0.39 is 149 Å². The molecule has 11 aromatic carbocycles. The number of aromatic nitrogens is 4. The van der Waals surface area contributed by atoms with Gasteiger partial charge in [-0.3, -0.25) is 13.7 Å². The molecule has 0 aliphatic carbocycles. The van der Waals surface area contributed by atoms with Crippen molar-refractivity contribution < 1.29 is 38.1 Å². The second-order valence-electron chi connectivity index (χ2n) is 25.5. The van der Waals surface area contributed by atoms with E-state index in [1.165, 1.54) is 12.3 Å². The zero-order valence-electron chi connectivity index (χ0n) is 72.2. The lowest BCUT2D eigenvalue weighted by Crippen LogP contribution is -2.32. The van der Waals surface area contributed by atoms with Crippen molar-refractivity contribution in [3.05, 3.63) is 295 Å². The van der Waals surface area contributed by atoms with Crippen LogP contribution in [0.1, 0.15) is 113 Å². The number of nitrogens with zero attached hydrogens (tertiary/aromatic N) is 4. The summed E-state index contributed by atoms with van der Waals surface area (Å²) in [5.41, 5.74) is 4.35. The van der Waals surface area contributed by atoms with Gasteiger partial charge in [-0.2, -0.15) is 0 Å². The van der Waals surface area contributed by atoms with E-state index >= 15 is 0 Å². The summed E-state index contributed by atoms with van der Waals surface area (Å²) >= 11 is 0. The van der Waals surface area contributed by atoms with Gasteiger partial charge in [-0.25, -0.2) is 4.98 Å². The third-order valence-corrected chi connectivity index (χ3v) is 16.3. The minimum Gasteiger partial charge on any atom is -0.458 e. The third kappa shape index (κ3) is 11.0. The third-order valence-electron chi connectivity index (χ3n) is 16.3. The van der Waals surface area contributed by atoms with E-state index in [1.807, 2.05) is 121 Å². The van der Waals surface area contributed by atoms with Crippen LogP contribution in [0.4, 0.5) is 0 Å². The van der Waals surface area contributed by atoms with Gasteiger partial charge in [-0.05, 0) is 173 Å². The number of benzene rings is 11. The molecule has 0 spiro atoms. The highest BCUT2D eigenvalue weighted by Crippen LogP contribution is 2.44. The average molecular weight is 1190 g/mol. The number of aryl methyl sites for hydroxylation is 1. The minimum atomic E-state index is -2.85. The smallest absolute Gasteiger partial charge is 0.269 e. The van der Waals surface area contributed by atoms with Crippen LogP contribution in [0.25, 0.3) is 117 Å². The van der Waals surface area contributed by atoms with Gasteiger partial charge in [-0.1, -0.05) is 250 Å². The van der Waals surface area contributed by atoms with Crippen LogP contribution < -0.4 is 9.30 Å². The molecule has 0 fully saturated rings. The van der Waals surface area contributed by atoms with Crippen molar-refractivity contribution in [2.45, 2.75) is 85.4 Å². The molecule has 0 bridgehead atoms. The van der Waals surface area contributed by atoms with Crippen LogP contribution in [0.3, 0.4) is 0 Å². The first-order valence-corrected chi connectivity index (χ1v) is 29.7. The Morgan fingerprint density at radius 3 is 1.70 bits per heavy atom. The lowest BCUT2D eigenvalue weighted by Gasteiger charge is -2.26. The van der Waals surface area contributed by atoms with Crippen molar-refractivity contribution in [3.8, 4) is 95.5 Å². The highest BCUT2D eigenvalue weighted by Gasteiger charge is 2.27. The van der Waals surface area contributed by atoms with Gasteiger partial charge in [-0.15, -0.1) is 0 Å². The predicted octanol–water partition coefficient (Wildman–Crippen LogP) is 22.2. The summed E-state index contributed by atoms with van der Waals surface area (Å²) in [5, 5.41) is 1.54. The van der Waals surface area contributed by atoms with E-state index in [1.54, 1.807) is 28.8 Å². The first kappa shape index (κ1) is 38.1. The molecule has 440 valence electrons. The number of ether oxygens (including phenoxy) is 1. The Morgan fingerprint density at radius 2 is 1.03 bits per heavy atom. The van der Waals surface area contributed by atoms with E-state index in [4.69, 9.17) is 28.9 Å². The van der Waals surface area contributed by atoms with Crippen LogP contribution in [0.15, 0.2) is 267 Å². The number of para-hydroxylation sites is 1. The van der Waals surface area contributed by atoms with Crippen LogP contribution in [0.5, 0.6) is 11.5 Å². The number of imidazole rings is 1. The second kappa shape index (κ2) is 22.7. The minimum absolute atomic E-state index is 0.137. The number of hydrogen-bond donors (Lipinski definition) is 0. The van der Waals surface area contributed by atoms with Gasteiger partial charge in [0.1, 0.15) is 17.3 Å². The first-order valence-electron chi connectivity index (χ1n) is 40.2. The summed E-state index contributed by atoms with van der Waals surface area (Å²) in [6.07, 6.45) is 4.96. The molecule has 3 heterocycles. The second-order valence-corrected chi connectivity index (χ2v) is 25.5. The summed E-state index contributed by atoms with van der Waals surface area (Å²) in [6, 6.07) is 34.8. The van der Waals surface area contributed by atoms with E-state index in [0.717, 1.165) is 33.0 Å². The molecule has 3 aromatic heterocycles. The summed E-state index contributed by atoms with van der Waals surface area (Å²) in [4.78, 5) is 4.77. The molecule has 5 heteroatoms. The fraction of sp³-hybridized carbons (Fsp3) is 0.153. The highest BCUT2D eigenvalue weighted by molar-refractivity contribution is 6.09. The predicted molar refractivity (Wildman–Crippen MR) is 376 cm³/mol. The molecule has 14 rings (SSSR count). The van der Waals surface area contributed by atoms with Crippen LogP contribution in [-0.4, -0.2) is 14.1 Å². The molecular formula is C85H74N4O. The van der Waals surface area contributed by atoms with Gasteiger partial charge in [0, 0.05) is 32.7 Å². The topological polar surface area (TPSA) is 35.9 Å². The Bertz CT molecular complexity index is 6090. The lowest BCUT2D eigenvalue weighted by atomic mass is 9.80. The number of fused-ring (bicyclic) bond motifs is 4. The Kier molecular flexibility index (Phi) is 9.60. The number of pyridine rings is 1. The normalized spacial score (nSPS) is 15.5. The molecule has 0 unspecified atom stereocenters. The standard InChI is InChI=1S/C85H74N4O/c1-56-44-81(86-54-76(56)60-28-18-13-19-29-60)89-77-35-21-20-34-72(77)73-42-41-71(53-79(73)89)90-70-33-23-32-69(52-70)87-55-88(78-43-38-61(49-80(78)87)59-36-39-66(40-37-59)83(2,3)4)82-74(62-30-22-31-67(48-62)84(5,6)7)50-68(85(8,9)10)51-75(82)65-46-63(57-24-14-11-15-25-57)45-64(47-65)58-26-16-12-17-27-58/h11-54H,1-10H3/i1D3,11D,12D,13D,14D,15D,16D,17D,18D,19D,24D,25D,26D,27D,28D,29D,45D,46D,47D. The van der Waals surface area contributed by atoms with Crippen molar-refractivity contribution >= 4 is 32.8 Å². The van der Waals surface area contributed by atoms with Gasteiger partial charge in [0.25, 0.3) is 6.33 Å². The fourth-order valence-electron chi connectivity index (χ4n) is 11.5. The maximum atomic E-state index is 10.6. The summed E-state index contributed by atoms with van der Waals surface area (Å²) < 4.78 is 203. The molecule has 0 atom stereocenters. The summed E-state index contributed by atoms with van der Waals surface area (Å²) in [6.45, 7) is 15.8. The lowest BCUT2D eigenvalue weighted by molar-refractivity contribution is -0.571. The van der Waals surface area contributed by atoms with Gasteiger partial charge < -0.3 is 4.74 Å². The molecule has 0 aliphatic rings. The maximum absolute atomic E-state index is 10.6. The molecule has 0 saturated heterocycles. The Balaban J connectivity index is 1.04. The SMILES string of the molecule is [2H]c1c([2H])c([2H])c(-c2cnc(-n3c4ccccc4c4ccc(Oc5cccc(-n6[c-][n+](-c7c(-c8cccc(C(C)(C)C)c8)cc(C(C)(C)C)cc7-c7c([2H])c(-c8c([2H])c([2H])c([2H])c([2H])c8[2H])c([2H])c(-c8c([2H])c([2H])c([2H])c([2H])c8[2H])c7[2H])c7ccc(-c8ccc(C(C)(C)C)cc8)cc76)c5)cc43)cc2C([2H])([2H])[2H])c([2H])c1[2H]. The quantitative estimate of drug-likeness (QED) is 0.0956. The molecular weight excluding hydrogens is 1090 g/mol. The number of rotatable bonds is 11. The molecule has 0 saturated carbocycles. The molecule has 90 heavy (non-hydrogen) atoms. The van der Waals surface area contributed by atoms with Gasteiger partial charge in [0.2, 0.25) is 0 Å². The number of hydrogen-bond acceptors (Lipinski definition) is 2. The van der Waals surface area contributed by atoms with Crippen LogP contribution >= 0.6 is 0 Å². The Labute approximate surface area is 559 Å². The molecule has 0 N–H and O–H groups in total. The van der Waals surface area contributed by atoms with Crippen molar-refractivity contribution in [2.24, 2.45) is 0 Å². The van der Waals surface area contributed by atoms with Crippen LogP contribution in [0, 0.1) is 13.2 Å². The molecule has 0 aliphatic heterocycles. The van der Waals surface area contributed by atoms with Crippen LogP contribution in [-0.2, 0) is 16.2 Å². The van der Waals surface area contributed by atoms with Gasteiger partial charge >= 0.3 is 0 Å². The Hall–Kier alpha value is -10.4. The Morgan fingerprint density at radius 1 is 0.433 bits per heavy atom. The maximum Gasteiger partial charge on any atom is 0.269 e. The fourth-order valence-corrected chi connectivity index (χ4v) is 11.5. The average Bonchev–Trinajstić information content (AvgIpc) is 1.31. The van der Waals surface area contributed by atoms with E-state index in [-0.39, 0.29) is 39.1 Å². The largest absolute Gasteiger partial charge is 0.458 e. The highest BCUT2D eigenvalue weighted by atomic mass is 16.5. The van der Waals surface area contributed by atoms with Crippen molar-refractivity contribution in [1.29, 1.82) is 0 Å². The zero-order valence-corrected chi connectivity index (χ0v) is 51.2. The van der Waals surface area contributed by atoms with Gasteiger partial charge in [0.05, 0.1) is 58.1 Å². The van der Waals surface area contributed by atoms with E-state index in [0.29, 0.717) is 61.6 Å². The molecule has 5 nitrogen and oxygen atoms in total. The molecule has 14 aromatic rings. The molecule has 0 radical (unpaired) electrons. The van der Waals surface area contributed by atoms with E-state index in [9.17, 15) is 9.60 Å². The zero-order chi connectivity index (χ0) is 80.2. The first-order chi connectivity index (χ1) is 52.1. The summed E-state index contributed by atoms with van der Waals surface area (Å²) in [7, 11) is 0. The van der Waals surface area contributed by atoms with Gasteiger partial charge in [0.15, 0.2) is 0 Å². The van der Waals surface area contributed by atoms with Crippen molar-refractivity contribution in [1.82, 2.24) is 14.1 Å². The van der Waals surface area contributed by atoms with E-state index in [2.05, 4.69) is 78.2 Å². The van der Waals surface area contributed by atoms with Crippen LogP contribution in [0.2, 0.25) is 0 Å². The van der Waals surface area contributed by atoms with Crippen molar-refractivity contribution in [2.75, 3.05) is 0 Å². The summed E-state index contributed by atoms with van der Waals surface area (Å²) in [5.74, 6) is 0.854.